The minimum absolute atomic E-state index is 0.116. The summed E-state index contributed by atoms with van der Waals surface area (Å²) < 4.78 is 15.9. The summed E-state index contributed by atoms with van der Waals surface area (Å²) in [6.45, 7) is 2.48. The lowest BCUT2D eigenvalue weighted by Crippen LogP contribution is -2.41. The third kappa shape index (κ3) is 2.95. The van der Waals surface area contributed by atoms with Crippen molar-refractivity contribution in [3.8, 4) is 11.5 Å². The van der Waals surface area contributed by atoms with Crippen LogP contribution in [0.4, 0.5) is 11.6 Å². The number of hydrogen-bond acceptors (Lipinski definition) is 7. The van der Waals surface area contributed by atoms with E-state index in [-0.39, 0.29) is 12.7 Å². The minimum Gasteiger partial charge on any atom is -0.454 e. The normalized spacial score (nSPS) is 16.1. The van der Waals surface area contributed by atoms with Crippen molar-refractivity contribution in [3.63, 3.8) is 0 Å². The summed E-state index contributed by atoms with van der Waals surface area (Å²) in [5.41, 5.74) is 1.12. The van der Waals surface area contributed by atoms with E-state index in [1.54, 1.807) is 17.2 Å². The van der Waals surface area contributed by atoms with Crippen molar-refractivity contribution >= 4 is 17.5 Å². The average Bonchev–Trinajstić information content (AvgIpc) is 3.10. The van der Waals surface area contributed by atoms with Crippen LogP contribution in [0.25, 0.3) is 0 Å². The number of nitrogens with zero attached hydrogens (tertiary/aromatic N) is 3. The molecule has 8 heteroatoms. The summed E-state index contributed by atoms with van der Waals surface area (Å²) in [6, 6.07) is 7.07. The number of nitrogens with one attached hydrogen (secondary N) is 1. The monoisotopic (exact) mass is 328 g/mol. The van der Waals surface area contributed by atoms with Crippen molar-refractivity contribution in [3.05, 3.63) is 36.2 Å². The molecule has 0 radical (unpaired) electrons. The first-order valence-electron chi connectivity index (χ1n) is 7.66. The topological polar surface area (TPSA) is 85.8 Å². The second-order valence-corrected chi connectivity index (χ2v) is 5.36. The Bertz CT molecular complexity index is 761. The van der Waals surface area contributed by atoms with E-state index in [1.165, 1.54) is 0 Å². The van der Waals surface area contributed by atoms with Crippen molar-refractivity contribution in [1.29, 1.82) is 0 Å². The van der Waals surface area contributed by atoms with E-state index in [9.17, 15) is 4.79 Å². The molecular formula is C16H16N4O4. The number of hydrogen-bond donors (Lipinski definition) is 1. The number of anilines is 2. The molecule has 2 aromatic rings. The zero-order valence-electron chi connectivity index (χ0n) is 12.9. The molecule has 0 bridgehead atoms. The maximum atomic E-state index is 12.5. The molecule has 24 heavy (non-hydrogen) atoms. The molecule has 0 atom stereocenters. The third-order valence-corrected chi connectivity index (χ3v) is 3.80. The first-order valence-corrected chi connectivity index (χ1v) is 7.66. The molecule has 0 saturated carbocycles. The van der Waals surface area contributed by atoms with E-state index in [1.807, 2.05) is 18.2 Å². The summed E-state index contributed by atoms with van der Waals surface area (Å²) in [6.07, 6.45) is 1.57. The number of ether oxygens (including phenoxy) is 3. The van der Waals surface area contributed by atoms with Gasteiger partial charge >= 0.3 is 0 Å². The summed E-state index contributed by atoms with van der Waals surface area (Å²) in [7, 11) is 0. The number of fused-ring (bicyclic) bond motifs is 1. The summed E-state index contributed by atoms with van der Waals surface area (Å²) in [4.78, 5) is 22.7. The lowest BCUT2D eigenvalue weighted by Gasteiger charge is -2.26. The summed E-state index contributed by atoms with van der Waals surface area (Å²) in [5.74, 6) is 1.61. The van der Waals surface area contributed by atoms with Crippen LogP contribution in [0.15, 0.2) is 30.5 Å². The van der Waals surface area contributed by atoms with Crippen molar-refractivity contribution in [1.82, 2.24) is 14.9 Å². The van der Waals surface area contributed by atoms with Gasteiger partial charge in [-0.15, -0.1) is 0 Å². The van der Waals surface area contributed by atoms with Crippen LogP contribution in [0.5, 0.6) is 11.5 Å². The van der Waals surface area contributed by atoms with Gasteiger partial charge in [-0.1, -0.05) is 0 Å². The van der Waals surface area contributed by atoms with Gasteiger partial charge in [-0.25, -0.2) is 9.97 Å². The van der Waals surface area contributed by atoms with Gasteiger partial charge in [0.05, 0.1) is 13.2 Å². The number of carbonyl (C=O) groups excluding carboxylic acids is 1. The predicted octanol–water partition coefficient (Wildman–Crippen LogP) is 1.42. The highest BCUT2D eigenvalue weighted by Crippen LogP contribution is 2.34. The first-order chi connectivity index (χ1) is 11.8. The van der Waals surface area contributed by atoms with Crippen LogP contribution in [-0.4, -0.2) is 53.9 Å². The second kappa shape index (κ2) is 6.32. The first kappa shape index (κ1) is 14.7. The van der Waals surface area contributed by atoms with Crippen molar-refractivity contribution in [2.75, 3.05) is 38.4 Å². The zero-order valence-corrected chi connectivity index (χ0v) is 12.9. The standard InChI is InChI=1S/C16H16N4O4/c21-15(20-5-7-22-8-6-20)12-3-4-17-16(19-12)18-11-1-2-13-14(9-11)24-10-23-13/h1-4,9H,5-8,10H2,(H,17,18,19). The van der Waals surface area contributed by atoms with E-state index >= 15 is 0 Å². The molecule has 4 rings (SSSR count). The highest BCUT2D eigenvalue weighted by atomic mass is 16.7. The Morgan fingerprint density at radius 3 is 2.83 bits per heavy atom. The molecule has 3 heterocycles. The maximum Gasteiger partial charge on any atom is 0.272 e. The van der Waals surface area contributed by atoms with E-state index in [4.69, 9.17) is 14.2 Å². The Hall–Kier alpha value is -2.87. The molecule has 0 unspecified atom stereocenters. The second-order valence-electron chi connectivity index (χ2n) is 5.36. The van der Waals surface area contributed by atoms with Crippen LogP contribution in [0.3, 0.4) is 0 Å². The van der Waals surface area contributed by atoms with E-state index < -0.39 is 0 Å². The largest absolute Gasteiger partial charge is 0.454 e. The number of morpholine rings is 1. The van der Waals surface area contributed by atoms with Crippen LogP contribution in [-0.2, 0) is 4.74 Å². The van der Waals surface area contributed by atoms with Gasteiger partial charge in [-0.3, -0.25) is 4.79 Å². The van der Waals surface area contributed by atoms with E-state index in [0.717, 1.165) is 5.69 Å². The lowest BCUT2D eigenvalue weighted by molar-refractivity contribution is 0.0299. The molecule has 1 N–H and O–H groups in total. The molecule has 1 aromatic carbocycles. The van der Waals surface area contributed by atoms with Gasteiger partial charge in [0.25, 0.3) is 5.91 Å². The molecule has 2 aliphatic rings. The van der Waals surface area contributed by atoms with Crippen LogP contribution >= 0.6 is 0 Å². The third-order valence-electron chi connectivity index (χ3n) is 3.80. The summed E-state index contributed by atoms with van der Waals surface area (Å²) in [5, 5.41) is 3.08. The van der Waals surface area contributed by atoms with Gasteiger partial charge in [-0.2, -0.15) is 0 Å². The molecular weight excluding hydrogens is 312 g/mol. The molecule has 124 valence electrons. The Morgan fingerprint density at radius 2 is 1.96 bits per heavy atom. The van der Waals surface area contributed by atoms with Gasteiger partial charge in [0, 0.05) is 31.0 Å². The molecule has 0 aliphatic carbocycles. The van der Waals surface area contributed by atoms with Crippen molar-refractivity contribution in [2.45, 2.75) is 0 Å². The number of benzene rings is 1. The minimum atomic E-state index is -0.116. The Kier molecular flexibility index (Phi) is 3.87. The molecule has 1 aromatic heterocycles. The highest BCUT2D eigenvalue weighted by molar-refractivity contribution is 5.92. The number of carbonyl (C=O) groups is 1. The van der Waals surface area contributed by atoms with E-state index in [2.05, 4.69) is 15.3 Å². The fourth-order valence-electron chi connectivity index (χ4n) is 2.57. The molecule has 1 amide bonds. The fraction of sp³-hybridized carbons (Fsp3) is 0.312. The van der Waals surface area contributed by atoms with Gasteiger partial charge in [0.1, 0.15) is 5.69 Å². The SMILES string of the molecule is O=C(c1ccnc(Nc2ccc3c(c2)OCO3)n1)N1CCOCC1. The van der Waals surface area contributed by atoms with Crippen LogP contribution in [0, 0.1) is 0 Å². The highest BCUT2D eigenvalue weighted by Gasteiger charge is 2.20. The van der Waals surface area contributed by atoms with Crippen LogP contribution < -0.4 is 14.8 Å². The lowest BCUT2D eigenvalue weighted by atomic mass is 10.3. The number of rotatable bonds is 3. The molecule has 1 saturated heterocycles. The average molecular weight is 328 g/mol. The van der Waals surface area contributed by atoms with Gasteiger partial charge in [0.2, 0.25) is 12.7 Å². The summed E-state index contributed by atoms with van der Waals surface area (Å²) >= 11 is 0. The fourth-order valence-corrected chi connectivity index (χ4v) is 2.57. The number of amides is 1. The smallest absolute Gasteiger partial charge is 0.272 e. The maximum absolute atomic E-state index is 12.5. The molecule has 8 nitrogen and oxygen atoms in total. The van der Waals surface area contributed by atoms with Gasteiger partial charge in [-0.05, 0) is 18.2 Å². The quantitative estimate of drug-likeness (QED) is 0.912. The van der Waals surface area contributed by atoms with Crippen LogP contribution in [0.2, 0.25) is 0 Å². The zero-order chi connectivity index (χ0) is 16.4. The predicted molar refractivity (Wildman–Crippen MR) is 84.6 cm³/mol. The molecule has 2 aliphatic heterocycles. The van der Waals surface area contributed by atoms with Gasteiger partial charge < -0.3 is 24.4 Å². The van der Waals surface area contributed by atoms with E-state index in [0.29, 0.717) is 49.4 Å². The Balaban J connectivity index is 1.51. The Morgan fingerprint density at radius 1 is 1.12 bits per heavy atom. The number of aromatic nitrogens is 2. The van der Waals surface area contributed by atoms with Crippen molar-refractivity contribution < 1.29 is 19.0 Å². The van der Waals surface area contributed by atoms with Crippen LogP contribution in [0.1, 0.15) is 10.5 Å². The van der Waals surface area contributed by atoms with Crippen molar-refractivity contribution in [2.24, 2.45) is 0 Å². The van der Waals surface area contributed by atoms with Gasteiger partial charge in [0.15, 0.2) is 11.5 Å². The molecule has 1 fully saturated rings. The molecule has 0 spiro atoms. The Labute approximate surface area is 138 Å².